The molecule has 1 aliphatic heterocycles. The highest BCUT2D eigenvalue weighted by molar-refractivity contribution is 5.85. The molecule has 2 N–H and O–H groups in total. The molecule has 0 aliphatic carbocycles. The van der Waals surface area contributed by atoms with Gasteiger partial charge in [-0.1, -0.05) is 12.1 Å². The summed E-state index contributed by atoms with van der Waals surface area (Å²) in [5, 5.41) is 0. The van der Waals surface area contributed by atoms with Crippen molar-refractivity contribution in [3.8, 4) is 11.5 Å². The van der Waals surface area contributed by atoms with E-state index in [2.05, 4.69) is 10.9 Å². The number of carbonyl (C=O) groups is 2. The molecule has 1 saturated heterocycles. The summed E-state index contributed by atoms with van der Waals surface area (Å²) >= 11 is 0. The van der Waals surface area contributed by atoms with Crippen molar-refractivity contribution in [3.05, 3.63) is 24.3 Å². The molecule has 1 aliphatic rings. The lowest BCUT2D eigenvalue weighted by molar-refractivity contribution is -0.135. The average Bonchev–Trinajstić information content (AvgIpc) is 3.05. The molecule has 1 fully saturated rings. The third kappa shape index (κ3) is 4.35. The van der Waals surface area contributed by atoms with Gasteiger partial charge in [0.05, 0.1) is 7.11 Å². The van der Waals surface area contributed by atoms with Gasteiger partial charge in [0, 0.05) is 6.61 Å². The van der Waals surface area contributed by atoms with Crippen molar-refractivity contribution < 1.29 is 23.8 Å². The normalized spacial score (nSPS) is 17.1. The second kappa shape index (κ2) is 7.49. The summed E-state index contributed by atoms with van der Waals surface area (Å²) in [6.45, 7) is 0.342. The Kier molecular flexibility index (Phi) is 5.39. The quantitative estimate of drug-likeness (QED) is 0.768. The first-order valence-corrected chi connectivity index (χ1v) is 6.67. The van der Waals surface area contributed by atoms with Gasteiger partial charge in [0.25, 0.3) is 11.8 Å². The van der Waals surface area contributed by atoms with Gasteiger partial charge < -0.3 is 14.2 Å². The number of amides is 2. The van der Waals surface area contributed by atoms with E-state index in [4.69, 9.17) is 14.2 Å². The van der Waals surface area contributed by atoms with Crippen LogP contribution in [-0.2, 0) is 14.3 Å². The van der Waals surface area contributed by atoms with Gasteiger partial charge in [-0.05, 0) is 25.0 Å². The summed E-state index contributed by atoms with van der Waals surface area (Å²) in [4.78, 5) is 23.2. The van der Waals surface area contributed by atoms with Crippen LogP contribution in [0.3, 0.4) is 0 Å². The molecule has 2 amide bonds. The maximum Gasteiger partial charge on any atom is 0.276 e. The van der Waals surface area contributed by atoms with Crippen LogP contribution in [0.25, 0.3) is 0 Å². The molecular formula is C14H18N2O5. The predicted molar refractivity (Wildman–Crippen MR) is 73.7 cm³/mol. The van der Waals surface area contributed by atoms with Crippen LogP contribution in [0.5, 0.6) is 11.5 Å². The molecule has 0 spiro atoms. The molecule has 1 atom stereocenters. The number of ether oxygens (including phenoxy) is 3. The molecule has 7 heteroatoms. The Balaban J connectivity index is 1.73. The van der Waals surface area contributed by atoms with Crippen molar-refractivity contribution in [2.45, 2.75) is 18.9 Å². The lowest BCUT2D eigenvalue weighted by atomic mass is 10.2. The number of para-hydroxylation sites is 2. The SMILES string of the molecule is COc1ccccc1OCC(=O)NNC(=O)[C@@H]1CCCO1. The molecule has 1 aromatic rings. The number of rotatable bonds is 5. The number of methoxy groups -OCH3 is 1. The monoisotopic (exact) mass is 294 g/mol. The Labute approximate surface area is 122 Å². The first-order valence-electron chi connectivity index (χ1n) is 6.67. The topological polar surface area (TPSA) is 85.9 Å². The average molecular weight is 294 g/mol. The van der Waals surface area contributed by atoms with Crippen molar-refractivity contribution in [2.75, 3.05) is 20.3 Å². The maximum absolute atomic E-state index is 11.6. The molecule has 2 rings (SSSR count). The Hall–Kier alpha value is -2.28. The van der Waals surface area contributed by atoms with Crippen LogP contribution in [0, 0.1) is 0 Å². The molecule has 0 saturated carbocycles. The number of hydrogen-bond acceptors (Lipinski definition) is 5. The van der Waals surface area contributed by atoms with E-state index in [9.17, 15) is 9.59 Å². The van der Waals surface area contributed by atoms with Gasteiger partial charge in [-0.3, -0.25) is 20.4 Å². The minimum Gasteiger partial charge on any atom is -0.493 e. The highest BCUT2D eigenvalue weighted by atomic mass is 16.5. The van der Waals surface area contributed by atoms with E-state index >= 15 is 0 Å². The van der Waals surface area contributed by atoms with Gasteiger partial charge in [0.15, 0.2) is 18.1 Å². The number of hydrazine groups is 1. The largest absolute Gasteiger partial charge is 0.493 e. The summed E-state index contributed by atoms with van der Waals surface area (Å²) in [6, 6.07) is 6.99. The molecule has 114 valence electrons. The fraction of sp³-hybridized carbons (Fsp3) is 0.429. The lowest BCUT2D eigenvalue weighted by Crippen LogP contribution is -2.47. The van der Waals surface area contributed by atoms with Gasteiger partial charge >= 0.3 is 0 Å². The molecule has 0 aromatic heterocycles. The number of benzene rings is 1. The second-order valence-corrected chi connectivity index (χ2v) is 4.48. The van der Waals surface area contributed by atoms with Crippen LogP contribution in [0.2, 0.25) is 0 Å². The zero-order chi connectivity index (χ0) is 15.1. The predicted octanol–water partition coefficient (Wildman–Crippen LogP) is 0.400. The van der Waals surface area contributed by atoms with E-state index in [1.165, 1.54) is 7.11 Å². The van der Waals surface area contributed by atoms with Crippen LogP contribution in [-0.4, -0.2) is 38.2 Å². The van der Waals surface area contributed by atoms with E-state index in [1.54, 1.807) is 24.3 Å². The number of hydrogen-bond donors (Lipinski definition) is 2. The van der Waals surface area contributed by atoms with E-state index in [0.29, 0.717) is 24.5 Å². The first-order chi connectivity index (χ1) is 10.2. The Bertz CT molecular complexity index is 500. The lowest BCUT2D eigenvalue weighted by Gasteiger charge is -2.12. The standard InChI is InChI=1S/C14H18N2O5/c1-19-10-5-2-3-6-11(10)21-9-13(17)15-16-14(18)12-7-4-8-20-12/h2-3,5-6,12H,4,7-9H2,1H3,(H,15,17)(H,16,18)/t12-/m0/s1. The molecular weight excluding hydrogens is 276 g/mol. The molecule has 1 heterocycles. The zero-order valence-corrected chi connectivity index (χ0v) is 11.8. The Morgan fingerprint density at radius 3 is 2.71 bits per heavy atom. The Morgan fingerprint density at radius 2 is 2.05 bits per heavy atom. The molecule has 1 aromatic carbocycles. The first kappa shape index (κ1) is 15.1. The second-order valence-electron chi connectivity index (χ2n) is 4.48. The van der Waals surface area contributed by atoms with Gasteiger partial charge in [-0.2, -0.15) is 0 Å². The maximum atomic E-state index is 11.6. The minimum atomic E-state index is -0.486. The fourth-order valence-electron chi connectivity index (χ4n) is 1.91. The minimum absolute atomic E-state index is 0.230. The molecule has 0 unspecified atom stereocenters. The van der Waals surface area contributed by atoms with Gasteiger partial charge in [-0.25, -0.2) is 0 Å². The van der Waals surface area contributed by atoms with Crippen molar-refractivity contribution in [3.63, 3.8) is 0 Å². The zero-order valence-electron chi connectivity index (χ0n) is 11.8. The summed E-state index contributed by atoms with van der Waals surface area (Å²) < 4.78 is 15.6. The Morgan fingerprint density at radius 1 is 1.29 bits per heavy atom. The number of carbonyl (C=O) groups excluding carboxylic acids is 2. The van der Waals surface area contributed by atoms with Gasteiger partial charge in [0.2, 0.25) is 0 Å². The van der Waals surface area contributed by atoms with E-state index < -0.39 is 12.0 Å². The summed E-state index contributed by atoms with van der Waals surface area (Å²) in [6.07, 6.45) is 1.03. The van der Waals surface area contributed by atoms with E-state index in [0.717, 1.165) is 6.42 Å². The van der Waals surface area contributed by atoms with Crippen LogP contribution in [0.15, 0.2) is 24.3 Å². The highest BCUT2D eigenvalue weighted by Crippen LogP contribution is 2.25. The van der Waals surface area contributed by atoms with Crippen molar-refractivity contribution in [1.82, 2.24) is 10.9 Å². The van der Waals surface area contributed by atoms with Gasteiger partial charge in [0.1, 0.15) is 6.10 Å². The summed E-state index contributed by atoms with van der Waals surface area (Å²) in [7, 11) is 1.52. The molecule has 7 nitrogen and oxygen atoms in total. The van der Waals surface area contributed by atoms with E-state index in [-0.39, 0.29) is 12.5 Å². The highest BCUT2D eigenvalue weighted by Gasteiger charge is 2.23. The summed E-state index contributed by atoms with van der Waals surface area (Å²) in [5.41, 5.74) is 4.60. The van der Waals surface area contributed by atoms with Gasteiger partial charge in [-0.15, -0.1) is 0 Å². The smallest absolute Gasteiger partial charge is 0.276 e. The number of nitrogens with one attached hydrogen (secondary N) is 2. The third-order valence-electron chi connectivity index (χ3n) is 2.98. The van der Waals surface area contributed by atoms with Crippen LogP contribution >= 0.6 is 0 Å². The molecule has 21 heavy (non-hydrogen) atoms. The van der Waals surface area contributed by atoms with Crippen LogP contribution in [0.1, 0.15) is 12.8 Å². The van der Waals surface area contributed by atoms with Crippen LogP contribution in [0.4, 0.5) is 0 Å². The third-order valence-corrected chi connectivity index (χ3v) is 2.98. The van der Waals surface area contributed by atoms with Crippen molar-refractivity contribution in [2.24, 2.45) is 0 Å². The molecule has 0 bridgehead atoms. The van der Waals surface area contributed by atoms with Crippen LogP contribution < -0.4 is 20.3 Å². The fourth-order valence-corrected chi connectivity index (χ4v) is 1.91. The van der Waals surface area contributed by atoms with Crippen molar-refractivity contribution >= 4 is 11.8 Å². The van der Waals surface area contributed by atoms with Crippen molar-refractivity contribution in [1.29, 1.82) is 0 Å². The molecule has 0 radical (unpaired) electrons. The summed E-state index contributed by atoms with van der Waals surface area (Å²) in [5.74, 6) is 0.180. The van der Waals surface area contributed by atoms with E-state index in [1.807, 2.05) is 0 Å².